The van der Waals surface area contributed by atoms with E-state index in [1.165, 1.54) is 0 Å². The van der Waals surface area contributed by atoms with Crippen LogP contribution in [0.5, 0.6) is 0 Å². The van der Waals surface area contributed by atoms with E-state index in [9.17, 15) is 4.79 Å². The number of carbonyl (C=O) groups is 1. The van der Waals surface area contributed by atoms with Crippen molar-refractivity contribution in [2.75, 3.05) is 5.32 Å². The van der Waals surface area contributed by atoms with Crippen molar-refractivity contribution in [3.05, 3.63) is 11.4 Å². The molecule has 1 rings (SSSR count). The molecule has 11 heavy (non-hydrogen) atoms. The summed E-state index contributed by atoms with van der Waals surface area (Å²) in [5, 5.41) is 6.73. The van der Waals surface area contributed by atoms with Gasteiger partial charge in [0.15, 0.2) is 0 Å². The second-order valence-electron chi connectivity index (χ2n) is 2.43. The molecule has 0 saturated heterocycles. The lowest BCUT2D eigenvalue weighted by atomic mass is 10.3. The van der Waals surface area contributed by atoms with Gasteiger partial charge < -0.3 is 5.32 Å². The molecule has 0 radical (unpaired) electrons. The first-order valence-corrected chi connectivity index (χ1v) is 3.37. The molecule has 1 aromatic heterocycles. The van der Waals surface area contributed by atoms with Gasteiger partial charge in [-0.15, -0.1) is 0 Å². The monoisotopic (exact) mass is 153 g/mol. The Morgan fingerprint density at radius 3 is 2.55 bits per heavy atom. The largest absolute Gasteiger partial charge is 0.326 e. The number of aryl methyl sites for hydroxylation is 2. The van der Waals surface area contributed by atoms with E-state index in [2.05, 4.69) is 10.4 Å². The molecular weight excluding hydrogens is 142 g/mol. The summed E-state index contributed by atoms with van der Waals surface area (Å²) in [4.78, 5) is 10.1. The average molecular weight is 153 g/mol. The van der Waals surface area contributed by atoms with Gasteiger partial charge in [-0.05, 0) is 13.8 Å². The van der Waals surface area contributed by atoms with Crippen LogP contribution in [0.1, 0.15) is 11.4 Å². The van der Waals surface area contributed by atoms with Crippen molar-refractivity contribution in [3.63, 3.8) is 0 Å². The average Bonchev–Trinajstić information content (AvgIpc) is 2.17. The van der Waals surface area contributed by atoms with Crippen LogP contribution in [0.25, 0.3) is 0 Å². The summed E-state index contributed by atoms with van der Waals surface area (Å²) in [6.07, 6.45) is 0.664. The Bertz CT molecular complexity index is 277. The lowest BCUT2D eigenvalue weighted by Crippen LogP contribution is -1.97. The molecular formula is C7H11N3O. The SMILES string of the molecule is Cc1nn(C)c(C)c1NC=O. The lowest BCUT2D eigenvalue weighted by Gasteiger charge is -1.96. The summed E-state index contributed by atoms with van der Waals surface area (Å²) in [7, 11) is 1.85. The number of aromatic nitrogens is 2. The molecule has 1 amide bonds. The Balaban J connectivity index is 3.11. The fraction of sp³-hybridized carbons (Fsp3) is 0.429. The van der Waals surface area contributed by atoms with Crippen LogP contribution >= 0.6 is 0 Å². The second-order valence-corrected chi connectivity index (χ2v) is 2.43. The van der Waals surface area contributed by atoms with Gasteiger partial charge in [-0.2, -0.15) is 5.10 Å². The van der Waals surface area contributed by atoms with Crippen LogP contribution < -0.4 is 5.32 Å². The molecule has 0 atom stereocenters. The van der Waals surface area contributed by atoms with Gasteiger partial charge in [-0.25, -0.2) is 0 Å². The standard InChI is InChI=1S/C7H11N3O/c1-5-7(8-4-11)6(2)10(3)9-5/h4H,1-3H3,(H,8,11). The van der Waals surface area contributed by atoms with Crippen molar-refractivity contribution in [1.82, 2.24) is 9.78 Å². The van der Waals surface area contributed by atoms with Crippen LogP contribution in [0.4, 0.5) is 5.69 Å². The predicted octanol–water partition coefficient (Wildman–Crippen LogP) is 0.605. The fourth-order valence-electron chi connectivity index (χ4n) is 1.04. The molecule has 0 aliphatic rings. The molecule has 1 heterocycles. The van der Waals surface area contributed by atoms with Crippen LogP contribution in [0, 0.1) is 13.8 Å². The number of carbonyl (C=O) groups excluding carboxylic acids is 1. The molecule has 60 valence electrons. The highest BCUT2D eigenvalue weighted by molar-refractivity contribution is 5.74. The van der Waals surface area contributed by atoms with Gasteiger partial charge in [0.25, 0.3) is 0 Å². The topological polar surface area (TPSA) is 46.9 Å². The third-order valence-electron chi connectivity index (χ3n) is 1.71. The Labute approximate surface area is 65.2 Å². The van der Waals surface area contributed by atoms with Gasteiger partial charge >= 0.3 is 0 Å². The van der Waals surface area contributed by atoms with Crippen molar-refractivity contribution in [1.29, 1.82) is 0 Å². The van der Waals surface area contributed by atoms with Gasteiger partial charge in [0.05, 0.1) is 17.1 Å². The van der Waals surface area contributed by atoms with Gasteiger partial charge in [-0.1, -0.05) is 0 Å². The highest BCUT2D eigenvalue weighted by Gasteiger charge is 2.06. The minimum absolute atomic E-state index is 0.664. The number of hydrogen-bond acceptors (Lipinski definition) is 2. The van der Waals surface area contributed by atoms with Gasteiger partial charge in [0.2, 0.25) is 6.41 Å². The third-order valence-corrected chi connectivity index (χ3v) is 1.71. The van der Waals surface area contributed by atoms with Gasteiger partial charge in [0.1, 0.15) is 0 Å². The molecule has 0 unspecified atom stereocenters. The summed E-state index contributed by atoms with van der Waals surface area (Å²) in [6.45, 7) is 3.77. The Kier molecular flexibility index (Phi) is 1.94. The molecule has 4 nitrogen and oxygen atoms in total. The molecule has 0 spiro atoms. The second kappa shape index (κ2) is 2.74. The maximum Gasteiger partial charge on any atom is 0.211 e. The van der Waals surface area contributed by atoms with Crippen molar-refractivity contribution in [3.8, 4) is 0 Å². The van der Waals surface area contributed by atoms with Gasteiger partial charge in [-0.3, -0.25) is 9.48 Å². The summed E-state index contributed by atoms with van der Waals surface area (Å²) in [5.74, 6) is 0. The Hall–Kier alpha value is -1.32. The maximum atomic E-state index is 10.1. The zero-order chi connectivity index (χ0) is 8.43. The third kappa shape index (κ3) is 1.24. The normalized spacial score (nSPS) is 9.73. The number of hydrogen-bond donors (Lipinski definition) is 1. The maximum absolute atomic E-state index is 10.1. The van der Waals surface area contributed by atoms with E-state index in [-0.39, 0.29) is 0 Å². The number of amides is 1. The molecule has 0 saturated carbocycles. The van der Waals surface area contributed by atoms with Crippen LogP contribution in [0.2, 0.25) is 0 Å². The highest BCUT2D eigenvalue weighted by Crippen LogP contribution is 2.16. The summed E-state index contributed by atoms with van der Waals surface area (Å²) < 4.78 is 1.74. The molecule has 0 bridgehead atoms. The lowest BCUT2D eigenvalue weighted by molar-refractivity contribution is -0.105. The molecule has 1 aromatic rings. The smallest absolute Gasteiger partial charge is 0.211 e. The molecule has 0 aromatic carbocycles. The highest BCUT2D eigenvalue weighted by atomic mass is 16.1. The number of anilines is 1. The van der Waals surface area contributed by atoms with E-state index in [1.54, 1.807) is 4.68 Å². The zero-order valence-corrected chi connectivity index (χ0v) is 6.88. The Morgan fingerprint density at radius 1 is 1.55 bits per heavy atom. The molecule has 1 N–H and O–H groups in total. The van der Waals surface area contributed by atoms with E-state index >= 15 is 0 Å². The summed E-state index contributed by atoms with van der Waals surface area (Å²) in [5.41, 5.74) is 2.62. The van der Waals surface area contributed by atoms with E-state index in [1.807, 2.05) is 20.9 Å². The van der Waals surface area contributed by atoms with Crippen molar-refractivity contribution >= 4 is 12.1 Å². The first-order chi connectivity index (χ1) is 5.16. The van der Waals surface area contributed by atoms with Crippen molar-refractivity contribution in [2.24, 2.45) is 7.05 Å². The number of rotatable bonds is 2. The first-order valence-electron chi connectivity index (χ1n) is 3.37. The van der Waals surface area contributed by atoms with E-state index in [0.29, 0.717) is 6.41 Å². The molecule has 0 aliphatic heterocycles. The Morgan fingerprint density at radius 2 is 2.18 bits per heavy atom. The molecule has 0 fully saturated rings. The minimum Gasteiger partial charge on any atom is -0.326 e. The predicted molar refractivity (Wildman–Crippen MR) is 42.4 cm³/mol. The first kappa shape index (κ1) is 7.78. The minimum atomic E-state index is 0.664. The van der Waals surface area contributed by atoms with Crippen LogP contribution in [0.3, 0.4) is 0 Å². The quantitative estimate of drug-likeness (QED) is 0.632. The summed E-state index contributed by atoms with van der Waals surface area (Å²) in [6, 6.07) is 0. The van der Waals surface area contributed by atoms with Crippen LogP contribution in [-0.4, -0.2) is 16.2 Å². The van der Waals surface area contributed by atoms with Crippen LogP contribution in [-0.2, 0) is 11.8 Å². The van der Waals surface area contributed by atoms with E-state index < -0.39 is 0 Å². The van der Waals surface area contributed by atoms with Crippen LogP contribution in [0.15, 0.2) is 0 Å². The van der Waals surface area contributed by atoms with E-state index in [4.69, 9.17) is 0 Å². The van der Waals surface area contributed by atoms with E-state index in [0.717, 1.165) is 17.1 Å². The number of nitrogens with one attached hydrogen (secondary N) is 1. The van der Waals surface area contributed by atoms with Gasteiger partial charge in [0, 0.05) is 7.05 Å². The molecule has 0 aliphatic carbocycles. The van der Waals surface area contributed by atoms with Crippen molar-refractivity contribution < 1.29 is 4.79 Å². The zero-order valence-electron chi connectivity index (χ0n) is 6.88. The summed E-state index contributed by atoms with van der Waals surface area (Å²) >= 11 is 0. The number of nitrogens with zero attached hydrogens (tertiary/aromatic N) is 2. The molecule has 4 heteroatoms. The van der Waals surface area contributed by atoms with Crippen molar-refractivity contribution in [2.45, 2.75) is 13.8 Å². The fourth-order valence-corrected chi connectivity index (χ4v) is 1.04.